The number of rotatable bonds is 4. The van der Waals surface area contributed by atoms with Gasteiger partial charge in [-0.25, -0.2) is 14.4 Å². The first-order valence-electron chi connectivity index (χ1n) is 18.6. The van der Waals surface area contributed by atoms with Crippen LogP contribution in [0.25, 0.3) is 116 Å². The van der Waals surface area contributed by atoms with Crippen LogP contribution >= 0.6 is 0 Å². The highest BCUT2D eigenvalue weighted by molar-refractivity contribution is 6.24. The Morgan fingerprint density at radius 1 is 0.446 bits per heavy atom. The Hall–Kier alpha value is -7.57. The third-order valence-electron chi connectivity index (χ3n) is 11.1. The molecule has 8 aromatic carbocycles. The first-order valence-corrected chi connectivity index (χ1v) is 18.6. The summed E-state index contributed by atoms with van der Waals surface area (Å²) >= 11 is 0. The van der Waals surface area contributed by atoms with Crippen LogP contribution in [0.2, 0.25) is 0 Å². The molecule has 0 unspecified atom stereocenters. The van der Waals surface area contributed by atoms with E-state index in [1.165, 1.54) is 12.1 Å². The SMILES string of the molecule is Fc1ccc(-c2cccc3cccc(-c4ccc(-c5nc(-n6c7ccccc7c7ccc8oc9ccccc9c8c76)nc6c5oc5ccccc56)cc4)c23)cc1. The van der Waals surface area contributed by atoms with Gasteiger partial charge in [0.15, 0.2) is 5.58 Å². The maximum atomic E-state index is 13.9. The van der Waals surface area contributed by atoms with Crippen molar-refractivity contribution >= 4 is 76.6 Å². The van der Waals surface area contributed by atoms with Gasteiger partial charge in [-0.2, -0.15) is 0 Å². The van der Waals surface area contributed by atoms with Crippen molar-refractivity contribution in [2.75, 3.05) is 0 Å². The third-order valence-corrected chi connectivity index (χ3v) is 11.1. The molecule has 5 nitrogen and oxygen atoms in total. The lowest BCUT2D eigenvalue weighted by Gasteiger charge is -2.13. The standard InChI is InChI=1S/C50H28FN3O2/c51-33-25-23-30(24-26-33)35-15-8-10-31-9-7-14-34(44(31)35)29-19-21-32(22-20-29)46-49-47(39-13-3-6-18-42(39)56-49)53-50(52-46)54-40-16-4-1-11-36(40)37-27-28-43-45(48(37)54)38-12-2-5-17-41(38)55-43/h1-28H. The van der Waals surface area contributed by atoms with Crippen molar-refractivity contribution in [1.29, 1.82) is 0 Å². The van der Waals surface area contributed by atoms with Crippen molar-refractivity contribution < 1.29 is 13.2 Å². The van der Waals surface area contributed by atoms with Crippen molar-refractivity contribution in [2.45, 2.75) is 0 Å². The Morgan fingerprint density at radius 2 is 1.07 bits per heavy atom. The molecule has 0 aliphatic carbocycles. The van der Waals surface area contributed by atoms with Crippen molar-refractivity contribution in [3.05, 3.63) is 176 Å². The normalized spacial score (nSPS) is 12.0. The molecular weight excluding hydrogens is 694 g/mol. The zero-order valence-electron chi connectivity index (χ0n) is 29.7. The fourth-order valence-electron chi connectivity index (χ4n) is 8.61. The summed E-state index contributed by atoms with van der Waals surface area (Å²) in [5, 5.41) is 7.42. The number of halogens is 1. The van der Waals surface area contributed by atoms with E-state index in [0.29, 0.717) is 17.2 Å². The van der Waals surface area contributed by atoms with Crippen LogP contribution in [0.4, 0.5) is 4.39 Å². The molecule has 0 fully saturated rings. The highest BCUT2D eigenvalue weighted by Gasteiger charge is 2.24. The molecular formula is C50H28FN3O2. The summed E-state index contributed by atoms with van der Waals surface area (Å²) in [6.45, 7) is 0. The lowest BCUT2D eigenvalue weighted by molar-refractivity contribution is 0.628. The van der Waals surface area contributed by atoms with Crippen LogP contribution in [0.3, 0.4) is 0 Å². The zero-order chi connectivity index (χ0) is 36.9. The van der Waals surface area contributed by atoms with Crippen LogP contribution in [0, 0.1) is 5.82 Å². The summed E-state index contributed by atoms with van der Waals surface area (Å²) in [5.41, 5.74) is 11.5. The van der Waals surface area contributed by atoms with Gasteiger partial charge in [0.05, 0.1) is 16.4 Å². The molecule has 0 saturated heterocycles. The van der Waals surface area contributed by atoms with Gasteiger partial charge in [-0.3, -0.25) is 4.57 Å². The number of furan rings is 2. The van der Waals surface area contributed by atoms with E-state index < -0.39 is 0 Å². The highest BCUT2D eigenvalue weighted by Crippen LogP contribution is 2.43. The van der Waals surface area contributed by atoms with Gasteiger partial charge in [0, 0.05) is 27.1 Å². The maximum Gasteiger partial charge on any atom is 0.236 e. The quantitative estimate of drug-likeness (QED) is 0.182. The van der Waals surface area contributed by atoms with Crippen LogP contribution in [0.5, 0.6) is 0 Å². The molecule has 0 aliphatic heterocycles. The maximum absolute atomic E-state index is 13.9. The molecule has 0 bridgehead atoms. The van der Waals surface area contributed by atoms with E-state index in [-0.39, 0.29) is 5.82 Å². The fourth-order valence-corrected chi connectivity index (χ4v) is 8.61. The lowest BCUT2D eigenvalue weighted by Crippen LogP contribution is -2.03. The number of fused-ring (bicyclic) bond motifs is 11. The second-order valence-corrected chi connectivity index (χ2v) is 14.2. The van der Waals surface area contributed by atoms with E-state index in [1.54, 1.807) is 0 Å². The largest absolute Gasteiger partial charge is 0.456 e. The minimum Gasteiger partial charge on any atom is -0.456 e. The summed E-state index contributed by atoms with van der Waals surface area (Å²) in [7, 11) is 0. The molecule has 6 heteroatoms. The van der Waals surface area contributed by atoms with Gasteiger partial charge in [-0.1, -0.05) is 121 Å². The fraction of sp³-hybridized carbons (Fsp3) is 0. The first-order chi connectivity index (χ1) is 27.7. The summed E-state index contributed by atoms with van der Waals surface area (Å²) in [4.78, 5) is 10.7. The predicted octanol–water partition coefficient (Wildman–Crippen LogP) is 13.7. The third kappa shape index (κ3) is 4.47. The van der Waals surface area contributed by atoms with Gasteiger partial charge >= 0.3 is 0 Å². The molecule has 0 amide bonds. The molecule has 0 N–H and O–H groups in total. The predicted molar refractivity (Wildman–Crippen MR) is 225 cm³/mol. The average Bonchev–Trinajstić information content (AvgIpc) is 3.93. The molecule has 4 heterocycles. The van der Waals surface area contributed by atoms with Crippen LogP contribution < -0.4 is 0 Å². The van der Waals surface area contributed by atoms with E-state index in [4.69, 9.17) is 18.8 Å². The average molecular weight is 722 g/mol. The Balaban J connectivity index is 1.10. The topological polar surface area (TPSA) is 57.0 Å². The molecule has 0 radical (unpaired) electrons. The van der Waals surface area contributed by atoms with E-state index in [2.05, 4.69) is 114 Å². The highest BCUT2D eigenvalue weighted by atomic mass is 19.1. The molecule has 56 heavy (non-hydrogen) atoms. The number of aromatic nitrogens is 3. The number of hydrogen-bond donors (Lipinski definition) is 0. The van der Waals surface area contributed by atoms with Crippen LogP contribution in [-0.4, -0.2) is 14.5 Å². The molecule has 12 rings (SSSR count). The van der Waals surface area contributed by atoms with Crippen molar-refractivity contribution in [2.24, 2.45) is 0 Å². The number of hydrogen-bond acceptors (Lipinski definition) is 4. The van der Waals surface area contributed by atoms with E-state index in [9.17, 15) is 4.39 Å². The van der Waals surface area contributed by atoms with Crippen LogP contribution in [0.1, 0.15) is 0 Å². The van der Waals surface area contributed by atoms with E-state index in [0.717, 1.165) is 98.8 Å². The number of benzene rings is 8. The monoisotopic (exact) mass is 721 g/mol. The van der Waals surface area contributed by atoms with Crippen LogP contribution in [0.15, 0.2) is 179 Å². The Morgan fingerprint density at radius 3 is 1.82 bits per heavy atom. The van der Waals surface area contributed by atoms with Crippen molar-refractivity contribution in [3.8, 4) is 39.5 Å². The second-order valence-electron chi connectivity index (χ2n) is 14.2. The van der Waals surface area contributed by atoms with Gasteiger partial charge in [0.1, 0.15) is 33.8 Å². The van der Waals surface area contributed by atoms with Gasteiger partial charge in [0.2, 0.25) is 5.95 Å². The Bertz CT molecular complexity index is 3530. The van der Waals surface area contributed by atoms with E-state index in [1.807, 2.05) is 48.5 Å². The minimum absolute atomic E-state index is 0.252. The van der Waals surface area contributed by atoms with E-state index >= 15 is 0 Å². The first kappa shape index (κ1) is 30.8. The summed E-state index contributed by atoms with van der Waals surface area (Å²) < 4.78 is 29.1. The molecule has 0 spiro atoms. The van der Waals surface area contributed by atoms with Gasteiger partial charge < -0.3 is 8.83 Å². The Kier molecular flexibility index (Phi) is 6.45. The molecule has 0 saturated carbocycles. The lowest BCUT2D eigenvalue weighted by atomic mass is 9.91. The number of nitrogens with zero attached hydrogens (tertiary/aromatic N) is 3. The number of para-hydroxylation sites is 3. The molecule has 12 aromatic rings. The summed E-state index contributed by atoms with van der Waals surface area (Å²) in [6, 6.07) is 56.6. The molecule has 4 aromatic heterocycles. The van der Waals surface area contributed by atoms with Crippen molar-refractivity contribution in [1.82, 2.24) is 14.5 Å². The van der Waals surface area contributed by atoms with Crippen molar-refractivity contribution in [3.63, 3.8) is 0 Å². The summed E-state index contributed by atoms with van der Waals surface area (Å²) in [5.74, 6) is 0.294. The van der Waals surface area contributed by atoms with Gasteiger partial charge in [-0.05, 0) is 81.6 Å². The minimum atomic E-state index is -0.252. The van der Waals surface area contributed by atoms with Crippen LogP contribution in [-0.2, 0) is 0 Å². The second kappa shape index (κ2) is 11.7. The molecule has 262 valence electrons. The van der Waals surface area contributed by atoms with Gasteiger partial charge in [-0.15, -0.1) is 0 Å². The Labute approximate surface area is 318 Å². The molecule has 0 aliphatic rings. The molecule has 0 atom stereocenters. The zero-order valence-corrected chi connectivity index (χ0v) is 29.7. The van der Waals surface area contributed by atoms with Gasteiger partial charge in [0.25, 0.3) is 0 Å². The summed E-state index contributed by atoms with van der Waals surface area (Å²) in [6.07, 6.45) is 0. The smallest absolute Gasteiger partial charge is 0.236 e.